The Balaban J connectivity index is 1.65. The zero-order chi connectivity index (χ0) is 21.8. The van der Waals surface area contributed by atoms with E-state index < -0.39 is 0 Å². The smallest absolute Gasteiger partial charge is 0.223 e. The molecule has 0 aliphatic heterocycles. The first-order valence-corrected chi connectivity index (χ1v) is 12.1. The van der Waals surface area contributed by atoms with E-state index in [1.165, 1.54) is 5.56 Å². The summed E-state index contributed by atoms with van der Waals surface area (Å²) in [6, 6.07) is 15.2. The molecule has 1 unspecified atom stereocenters. The highest BCUT2D eigenvalue weighted by molar-refractivity contribution is 7.98. The molecule has 3 aromatic rings. The highest BCUT2D eigenvalue weighted by Crippen LogP contribution is 2.33. The molecule has 1 aromatic heterocycles. The number of nitrogens with one attached hydrogen (secondary N) is 1. The lowest BCUT2D eigenvalue weighted by atomic mass is 10.1. The van der Waals surface area contributed by atoms with Gasteiger partial charge < -0.3 is 5.32 Å². The molecule has 1 fully saturated rings. The second kappa shape index (κ2) is 10.1. The van der Waals surface area contributed by atoms with Crippen LogP contribution in [0.2, 0.25) is 10.0 Å². The molecular weight excluding hydrogens is 451 g/mol. The van der Waals surface area contributed by atoms with E-state index in [9.17, 15) is 4.79 Å². The summed E-state index contributed by atoms with van der Waals surface area (Å²) in [6.45, 7) is 1.93. The van der Waals surface area contributed by atoms with Crippen LogP contribution in [0.25, 0.3) is 5.69 Å². The van der Waals surface area contributed by atoms with Gasteiger partial charge in [-0.1, -0.05) is 78.1 Å². The largest absolute Gasteiger partial charge is 0.346 e. The molecule has 1 aliphatic rings. The maximum atomic E-state index is 12.7. The number of hydrogen-bond donors (Lipinski definition) is 1. The van der Waals surface area contributed by atoms with Gasteiger partial charge >= 0.3 is 0 Å². The molecule has 2 aromatic carbocycles. The Kier molecular flexibility index (Phi) is 7.20. The van der Waals surface area contributed by atoms with E-state index in [0.717, 1.165) is 31.4 Å². The molecule has 162 valence electrons. The zero-order valence-electron chi connectivity index (χ0n) is 17.2. The van der Waals surface area contributed by atoms with Gasteiger partial charge in [0.2, 0.25) is 5.91 Å². The Morgan fingerprint density at radius 2 is 1.90 bits per heavy atom. The molecule has 31 heavy (non-hydrogen) atoms. The van der Waals surface area contributed by atoms with Crippen LogP contribution in [0.4, 0.5) is 0 Å². The summed E-state index contributed by atoms with van der Waals surface area (Å²) in [5.41, 5.74) is 1.88. The van der Waals surface area contributed by atoms with Gasteiger partial charge in [-0.05, 0) is 43.5 Å². The molecule has 1 amide bonds. The highest BCUT2D eigenvalue weighted by Gasteiger charge is 2.27. The van der Waals surface area contributed by atoms with Gasteiger partial charge in [-0.15, -0.1) is 10.2 Å². The number of nitrogens with zero attached hydrogens (tertiary/aromatic N) is 3. The van der Waals surface area contributed by atoms with Gasteiger partial charge in [0.15, 0.2) is 11.0 Å². The van der Waals surface area contributed by atoms with Crippen molar-refractivity contribution in [3.63, 3.8) is 0 Å². The molecule has 1 heterocycles. The van der Waals surface area contributed by atoms with Gasteiger partial charge in [-0.2, -0.15) is 0 Å². The van der Waals surface area contributed by atoms with E-state index in [-0.39, 0.29) is 17.9 Å². The normalized spacial score (nSPS) is 15.2. The van der Waals surface area contributed by atoms with E-state index in [1.807, 2.05) is 29.7 Å². The number of carbonyl (C=O) groups is 1. The third-order valence-electron chi connectivity index (χ3n) is 5.49. The Labute approximate surface area is 196 Å². The van der Waals surface area contributed by atoms with Gasteiger partial charge in [0.1, 0.15) is 0 Å². The highest BCUT2D eigenvalue weighted by atomic mass is 35.5. The zero-order valence-corrected chi connectivity index (χ0v) is 19.6. The van der Waals surface area contributed by atoms with Crippen LogP contribution >= 0.6 is 35.0 Å². The number of thioether (sulfide) groups is 1. The standard InChI is InChI=1S/C23H24Cl2N4OS/c1-15(26-22(30)17-9-5-6-10-17)21-27-28-23(31-14-16-7-3-2-4-8-16)29(21)20-13-18(24)11-12-19(20)25/h2-4,7-8,11-13,15,17H,5-6,9-10,14H2,1H3,(H,26,30). The number of carbonyl (C=O) groups excluding carboxylic acids is 1. The fraction of sp³-hybridized carbons (Fsp3) is 0.348. The molecule has 5 nitrogen and oxygen atoms in total. The second-order valence-electron chi connectivity index (χ2n) is 7.76. The van der Waals surface area contributed by atoms with Crippen LogP contribution in [0.5, 0.6) is 0 Å². The number of hydrogen-bond acceptors (Lipinski definition) is 4. The topological polar surface area (TPSA) is 59.8 Å². The molecule has 1 N–H and O–H groups in total. The van der Waals surface area contributed by atoms with Crippen molar-refractivity contribution in [1.82, 2.24) is 20.1 Å². The summed E-state index contributed by atoms with van der Waals surface area (Å²) >= 11 is 14.4. The van der Waals surface area contributed by atoms with Crippen molar-refractivity contribution in [3.8, 4) is 5.69 Å². The maximum Gasteiger partial charge on any atom is 0.223 e. The molecule has 1 aliphatic carbocycles. The lowest BCUT2D eigenvalue weighted by molar-refractivity contribution is -0.125. The van der Waals surface area contributed by atoms with Crippen molar-refractivity contribution in [3.05, 3.63) is 70.0 Å². The van der Waals surface area contributed by atoms with Gasteiger partial charge in [-0.25, -0.2) is 0 Å². The van der Waals surface area contributed by atoms with Gasteiger partial charge in [0.25, 0.3) is 0 Å². The van der Waals surface area contributed by atoms with Crippen molar-refractivity contribution in [2.24, 2.45) is 5.92 Å². The molecule has 0 saturated heterocycles. The molecule has 4 rings (SSSR count). The Hall–Kier alpha value is -2.02. The molecule has 0 spiro atoms. The third-order valence-corrected chi connectivity index (χ3v) is 7.05. The first-order valence-electron chi connectivity index (χ1n) is 10.4. The first-order chi connectivity index (χ1) is 15.0. The summed E-state index contributed by atoms with van der Waals surface area (Å²) in [7, 11) is 0. The average Bonchev–Trinajstić information content (AvgIpc) is 3.45. The number of rotatable bonds is 7. The van der Waals surface area contributed by atoms with Crippen molar-refractivity contribution in [2.45, 2.75) is 49.6 Å². The van der Waals surface area contributed by atoms with E-state index in [0.29, 0.717) is 26.7 Å². The quantitative estimate of drug-likeness (QED) is 0.412. The van der Waals surface area contributed by atoms with E-state index >= 15 is 0 Å². The maximum absolute atomic E-state index is 12.7. The minimum absolute atomic E-state index is 0.0789. The number of aromatic nitrogens is 3. The van der Waals surface area contributed by atoms with Crippen LogP contribution in [0.3, 0.4) is 0 Å². The second-order valence-corrected chi connectivity index (χ2v) is 9.54. The van der Waals surface area contributed by atoms with Crippen molar-refractivity contribution < 1.29 is 4.79 Å². The third kappa shape index (κ3) is 5.25. The Morgan fingerprint density at radius 1 is 1.16 bits per heavy atom. The summed E-state index contributed by atoms with van der Waals surface area (Å²) in [5, 5.41) is 13.8. The molecule has 1 atom stereocenters. The predicted molar refractivity (Wildman–Crippen MR) is 126 cm³/mol. The van der Waals surface area contributed by atoms with Gasteiger partial charge in [0.05, 0.1) is 16.8 Å². The van der Waals surface area contributed by atoms with Gasteiger partial charge in [0, 0.05) is 16.7 Å². The first kappa shape index (κ1) is 22.2. The van der Waals surface area contributed by atoms with Crippen LogP contribution in [0.1, 0.15) is 50.0 Å². The number of halogens is 2. The van der Waals surface area contributed by atoms with Crippen LogP contribution in [0, 0.1) is 5.92 Å². The van der Waals surface area contributed by atoms with Crippen LogP contribution in [0.15, 0.2) is 53.7 Å². The van der Waals surface area contributed by atoms with Crippen LogP contribution in [-0.2, 0) is 10.5 Å². The molecule has 0 radical (unpaired) electrons. The summed E-state index contributed by atoms with van der Waals surface area (Å²) < 4.78 is 1.90. The molecule has 1 saturated carbocycles. The molecule has 8 heteroatoms. The van der Waals surface area contributed by atoms with E-state index in [1.54, 1.807) is 30.0 Å². The molecule has 0 bridgehead atoms. The monoisotopic (exact) mass is 474 g/mol. The van der Waals surface area contributed by atoms with Crippen molar-refractivity contribution in [1.29, 1.82) is 0 Å². The van der Waals surface area contributed by atoms with Crippen molar-refractivity contribution in [2.75, 3.05) is 0 Å². The average molecular weight is 475 g/mol. The minimum Gasteiger partial charge on any atom is -0.346 e. The summed E-state index contributed by atoms with van der Waals surface area (Å²) in [6.07, 6.45) is 4.12. The van der Waals surface area contributed by atoms with E-state index in [2.05, 4.69) is 27.6 Å². The van der Waals surface area contributed by atoms with Crippen LogP contribution < -0.4 is 5.32 Å². The fourth-order valence-corrected chi connectivity index (χ4v) is 5.12. The SMILES string of the molecule is CC(NC(=O)C1CCCC1)c1nnc(SCc2ccccc2)n1-c1cc(Cl)ccc1Cl. The van der Waals surface area contributed by atoms with Crippen LogP contribution in [-0.4, -0.2) is 20.7 Å². The van der Waals surface area contributed by atoms with Crippen molar-refractivity contribution >= 4 is 40.9 Å². The number of amides is 1. The lowest BCUT2D eigenvalue weighted by Crippen LogP contribution is -2.33. The predicted octanol–water partition coefficient (Wildman–Crippen LogP) is 6.23. The lowest BCUT2D eigenvalue weighted by Gasteiger charge is -2.19. The minimum atomic E-state index is -0.318. The number of benzene rings is 2. The summed E-state index contributed by atoms with van der Waals surface area (Å²) in [5.74, 6) is 1.53. The Morgan fingerprint density at radius 3 is 2.65 bits per heavy atom. The molecular formula is C23H24Cl2N4OS. The van der Waals surface area contributed by atoms with Gasteiger partial charge in [-0.3, -0.25) is 9.36 Å². The summed E-state index contributed by atoms with van der Waals surface area (Å²) in [4.78, 5) is 12.7. The fourth-order valence-electron chi connectivity index (χ4n) is 3.84. The Bertz CT molecular complexity index is 1050. The van der Waals surface area contributed by atoms with E-state index in [4.69, 9.17) is 23.2 Å².